The first-order valence-electron chi connectivity index (χ1n) is 6.65. The van der Waals surface area contributed by atoms with E-state index in [0.29, 0.717) is 6.04 Å². The second-order valence-electron chi connectivity index (χ2n) is 4.83. The second-order valence-corrected chi connectivity index (χ2v) is 4.83. The third-order valence-corrected chi connectivity index (χ3v) is 3.08. The first-order valence-corrected chi connectivity index (χ1v) is 6.65. The van der Waals surface area contributed by atoms with E-state index in [2.05, 4.69) is 41.0 Å². The average molecular weight is 250 g/mol. The molecule has 1 N–H and O–H groups in total. The summed E-state index contributed by atoms with van der Waals surface area (Å²) in [7, 11) is 0. The molecule has 1 aromatic rings. The SMILES string of the molecule is CCCNc1cncc(N2CC(C)OCC2C)n1. The van der Waals surface area contributed by atoms with Gasteiger partial charge in [-0.15, -0.1) is 0 Å². The molecule has 0 bridgehead atoms. The molecule has 1 aromatic heterocycles. The van der Waals surface area contributed by atoms with Crippen LogP contribution in [0.2, 0.25) is 0 Å². The maximum Gasteiger partial charge on any atom is 0.149 e. The van der Waals surface area contributed by atoms with Gasteiger partial charge in [0, 0.05) is 13.1 Å². The minimum absolute atomic E-state index is 0.246. The Kier molecular flexibility index (Phi) is 4.36. The lowest BCUT2D eigenvalue weighted by atomic mass is 10.2. The Bertz CT molecular complexity index is 385. The van der Waals surface area contributed by atoms with Crippen molar-refractivity contribution in [2.75, 3.05) is 29.9 Å². The van der Waals surface area contributed by atoms with Crippen LogP contribution >= 0.6 is 0 Å². The van der Waals surface area contributed by atoms with Crippen LogP contribution in [-0.4, -0.2) is 41.8 Å². The van der Waals surface area contributed by atoms with Gasteiger partial charge in [0.1, 0.15) is 11.6 Å². The highest BCUT2D eigenvalue weighted by atomic mass is 16.5. The van der Waals surface area contributed by atoms with Crippen LogP contribution in [-0.2, 0) is 4.74 Å². The first-order chi connectivity index (χ1) is 8.70. The van der Waals surface area contributed by atoms with Crippen molar-refractivity contribution in [3.63, 3.8) is 0 Å². The molecule has 0 spiro atoms. The van der Waals surface area contributed by atoms with Gasteiger partial charge in [-0.25, -0.2) is 4.98 Å². The minimum Gasteiger partial charge on any atom is -0.375 e. The van der Waals surface area contributed by atoms with E-state index in [0.717, 1.165) is 37.8 Å². The highest BCUT2D eigenvalue weighted by Gasteiger charge is 2.24. The summed E-state index contributed by atoms with van der Waals surface area (Å²) in [5.41, 5.74) is 0. The molecule has 1 aliphatic heterocycles. The monoisotopic (exact) mass is 250 g/mol. The van der Waals surface area contributed by atoms with Crippen molar-refractivity contribution in [3.8, 4) is 0 Å². The van der Waals surface area contributed by atoms with E-state index in [1.807, 2.05) is 6.20 Å². The molecule has 5 nitrogen and oxygen atoms in total. The summed E-state index contributed by atoms with van der Waals surface area (Å²) in [4.78, 5) is 11.1. The Labute approximate surface area is 109 Å². The molecule has 2 atom stereocenters. The van der Waals surface area contributed by atoms with Gasteiger partial charge in [-0.05, 0) is 20.3 Å². The van der Waals surface area contributed by atoms with E-state index in [4.69, 9.17) is 4.74 Å². The standard InChI is InChI=1S/C13H22N4O/c1-4-5-15-12-6-14-7-13(16-12)17-8-11(3)18-9-10(17)2/h6-7,10-11H,4-5,8-9H2,1-3H3,(H,15,16). The molecule has 0 amide bonds. The van der Waals surface area contributed by atoms with E-state index >= 15 is 0 Å². The van der Waals surface area contributed by atoms with E-state index < -0.39 is 0 Å². The molecule has 0 aromatic carbocycles. The van der Waals surface area contributed by atoms with Crippen molar-refractivity contribution < 1.29 is 4.74 Å². The summed E-state index contributed by atoms with van der Waals surface area (Å²) < 4.78 is 5.63. The molecule has 0 aliphatic carbocycles. The molecule has 5 heteroatoms. The van der Waals surface area contributed by atoms with E-state index in [-0.39, 0.29) is 6.10 Å². The van der Waals surface area contributed by atoms with Crippen molar-refractivity contribution in [1.82, 2.24) is 9.97 Å². The fourth-order valence-corrected chi connectivity index (χ4v) is 2.05. The summed E-state index contributed by atoms with van der Waals surface area (Å²) in [6.45, 7) is 8.91. The van der Waals surface area contributed by atoms with Gasteiger partial charge in [-0.1, -0.05) is 6.92 Å². The molecule has 0 radical (unpaired) electrons. The van der Waals surface area contributed by atoms with Crippen LogP contribution in [0, 0.1) is 0 Å². The van der Waals surface area contributed by atoms with Crippen molar-refractivity contribution >= 4 is 11.6 Å². The van der Waals surface area contributed by atoms with E-state index in [9.17, 15) is 0 Å². The zero-order valence-corrected chi connectivity index (χ0v) is 11.4. The number of hydrogen-bond donors (Lipinski definition) is 1. The van der Waals surface area contributed by atoms with Crippen LogP contribution in [0.1, 0.15) is 27.2 Å². The van der Waals surface area contributed by atoms with Gasteiger partial charge >= 0.3 is 0 Å². The molecule has 1 aliphatic rings. The van der Waals surface area contributed by atoms with Gasteiger partial charge in [0.2, 0.25) is 0 Å². The fourth-order valence-electron chi connectivity index (χ4n) is 2.05. The molecule has 2 unspecified atom stereocenters. The van der Waals surface area contributed by atoms with Crippen LogP contribution in [0.5, 0.6) is 0 Å². The van der Waals surface area contributed by atoms with Gasteiger partial charge in [0.15, 0.2) is 0 Å². The number of ether oxygens (including phenoxy) is 1. The second kappa shape index (κ2) is 6.00. The van der Waals surface area contributed by atoms with Crippen LogP contribution in [0.15, 0.2) is 12.4 Å². The maximum absolute atomic E-state index is 5.63. The first kappa shape index (κ1) is 13.1. The van der Waals surface area contributed by atoms with E-state index in [1.165, 1.54) is 0 Å². The van der Waals surface area contributed by atoms with Crippen LogP contribution in [0.25, 0.3) is 0 Å². The Morgan fingerprint density at radius 3 is 3.06 bits per heavy atom. The highest BCUT2D eigenvalue weighted by Crippen LogP contribution is 2.20. The molecule has 18 heavy (non-hydrogen) atoms. The van der Waals surface area contributed by atoms with Gasteiger partial charge < -0.3 is 15.0 Å². The lowest BCUT2D eigenvalue weighted by molar-refractivity contribution is 0.0340. The number of anilines is 2. The van der Waals surface area contributed by atoms with Gasteiger partial charge in [0.25, 0.3) is 0 Å². The quantitative estimate of drug-likeness (QED) is 0.884. The molecular weight excluding hydrogens is 228 g/mol. The third kappa shape index (κ3) is 3.10. The van der Waals surface area contributed by atoms with Crippen LogP contribution < -0.4 is 10.2 Å². The fraction of sp³-hybridized carbons (Fsp3) is 0.692. The number of nitrogens with zero attached hydrogens (tertiary/aromatic N) is 3. The number of hydrogen-bond acceptors (Lipinski definition) is 5. The molecule has 0 saturated carbocycles. The van der Waals surface area contributed by atoms with Gasteiger partial charge in [-0.3, -0.25) is 4.98 Å². The zero-order chi connectivity index (χ0) is 13.0. The zero-order valence-electron chi connectivity index (χ0n) is 11.4. The minimum atomic E-state index is 0.246. The van der Waals surface area contributed by atoms with Gasteiger partial charge in [0.05, 0.1) is 31.1 Å². The van der Waals surface area contributed by atoms with Gasteiger partial charge in [-0.2, -0.15) is 0 Å². The summed E-state index contributed by atoms with van der Waals surface area (Å²) >= 11 is 0. The van der Waals surface area contributed by atoms with Crippen LogP contribution in [0.4, 0.5) is 11.6 Å². The molecule has 2 rings (SSSR count). The predicted molar refractivity (Wildman–Crippen MR) is 73.0 cm³/mol. The Hall–Kier alpha value is -1.36. The molecule has 1 saturated heterocycles. The number of aromatic nitrogens is 2. The third-order valence-electron chi connectivity index (χ3n) is 3.08. The predicted octanol–water partition coefficient (Wildman–Crippen LogP) is 1.91. The molecule has 100 valence electrons. The normalized spacial score (nSPS) is 24.1. The maximum atomic E-state index is 5.63. The van der Waals surface area contributed by atoms with E-state index in [1.54, 1.807) is 6.20 Å². The van der Waals surface area contributed by atoms with Crippen molar-refractivity contribution in [1.29, 1.82) is 0 Å². The summed E-state index contributed by atoms with van der Waals surface area (Å²) in [5.74, 6) is 1.78. The summed E-state index contributed by atoms with van der Waals surface area (Å²) in [5, 5.41) is 3.27. The Balaban J connectivity index is 2.11. The van der Waals surface area contributed by atoms with Crippen molar-refractivity contribution in [3.05, 3.63) is 12.4 Å². The molecule has 1 fully saturated rings. The largest absolute Gasteiger partial charge is 0.375 e. The summed E-state index contributed by atoms with van der Waals surface area (Å²) in [6, 6.07) is 0.344. The lowest BCUT2D eigenvalue weighted by Crippen LogP contribution is -2.47. The lowest BCUT2D eigenvalue weighted by Gasteiger charge is -2.37. The Morgan fingerprint density at radius 1 is 1.44 bits per heavy atom. The molecular formula is C13H22N4O. The topological polar surface area (TPSA) is 50.3 Å². The van der Waals surface area contributed by atoms with Crippen molar-refractivity contribution in [2.24, 2.45) is 0 Å². The summed E-state index contributed by atoms with van der Waals surface area (Å²) in [6.07, 6.45) is 4.92. The van der Waals surface area contributed by atoms with Crippen molar-refractivity contribution in [2.45, 2.75) is 39.3 Å². The molecule has 2 heterocycles. The smallest absolute Gasteiger partial charge is 0.149 e. The number of nitrogens with one attached hydrogen (secondary N) is 1. The number of rotatable bonds is 4. The Morgan fingerprint density at radius 2 is 2.28 bits per heavy atom. The van der Waals surface area contributed by atoms with Crippen LogP contribution in [0.3, 0.4) is 0 Å². The number of morpholine rings is 1. The average Bonchev–Trinajstić information content (AvgIpc) is 2.39. The highest BCUT2D eigenvalue weighted by molar-refractivity contribution is 5.45.